The van der Waals surface area contributed by atoms with Gasteiger partial charge in [0.25, 0.3) is 0 Å². The van der Waals surface area contributed by atoms with Crippen molar-refractivity contribution in [1.29, 1.82) is 0 Å². The predicted octanol–water partition coefficient (Wildman–Crippen LogP) is 3.36. The lowest BCUT2D eigenvalue weighted by molar-refractivity contribution is -0.119. The van der Waals surface area contributed by atoms with Gasteiger partial charge < -0.3 is 10.6 Å². The van der Waals surface area contributed by atoms with Crippen molar-refractivity contribution >= 4 is 21.6 Å². The molecule has 3 rings (SSSR count). The maximum Gasteiger partial charge on any atom is 0.243 e. The van der Waals surface area contributed by atoms with Crippen LogP contribution >= 0.6 is 0 Å². The van der Waals surface area contributed by atoms with Crippen molar-refractivity contribution in [2.75, 3.05) is 31.5 Å². The minimum Gasteiger partial charge on any atom is -0.376 e. The number of carbonyl (C=O) groups excluding carboxylic acids is 1. The highest BCUT2D eigenvalue weighted by Crippen LogP contribution is 2.23. The topological polar surface area (TPSA) is 78.5 Å². The zero-order chi connectivity index (χ0) is 19.8. The number of anilines is 1. The van der Waals surface area contributed by atoms with Gasteiger partial charge in [-0.15, -0.1) is 0 Å². The lowest BCUT2D eigenvalue weighted by Crippen LogP contribution is -2.34. The highest BCUT2D eigenvalue weighted by molar-refractivity contribution is 7.89. The Bertz CT molecular complexity index is 737. The summed E-state index contributed by atoms with van der Waals surface area (Å²) in [6, 6.07) is 6.80. The summed E-state index contributed by atoms with van der Waals surface area (Å²) in [5.74, 6) is 0.547. The molecule has 1 heterocycles. The summed E-state index contributed by atoms with van der Waals surface area (Å²) in [5.41, 5.74) is 0.656. The fourth-order valence-electron chi connectivity index (χ4n) is 4.09. The maximum atomic E-state index is 12.9. The van der Waals surface area contributed by atoms with Gasteiger partial charge in [-0.1, -0.05) is 38.2 Å². The van der Waals surface area contributed by atoms with E-state index in [1.54, 1.807) is 28.6 Å². The fourth-order valence-corrected chi connectivity index (χ4v) is 5.66. The van der Waals surface area contributed by atoms with E-state index in [1.807, 2.05) is 0 Å². The summed E-state index contributed by atoms with van der Waals surface area (Å²) in [7, 11) is -3.48. The summed E-state index contributed by atoms with van der Waals surface area (Å²) in [6.07, 6.45) is 10.2. The zero-order valence-electron chi connectivity index (χ0n) is 16.7. The van der Waals surface area contributed by atoms with Gasteiger partial charge in [-0.05, 0) is 49.8 Å². The van der Waals surface area contributed by atoms with Gasteiger partial charge in [0.2, 0.25) is 15.9 Å². The number of rotatable bonds is 7. The van der Waals surface area contributed by atoms with Gasteiger partial charge in [-0.3, -0.25) is 4.79 Å². The Balaban J connectivity index is 1.53. The van der Waals surface area contributed by atoms with Crippen molar-refractivity contribution < 1.29 is 13.2 Å². The van der Waals surface area contributed by atoms with Gasteiger partial charge in [0.05, 0.1) is 11.4 Å². The van der Waals surface area contributed by atoms with E-state index >= 15 is 0 Å². The highest BCUT2D eigenvalue weighted by atomic mass is 32.2. The molecule has 2 N–H and O–H groups in total. The van der Waals surface area contributed by atoms with Crippen LogP contribution in [0.25, 0.3) is 0 Å². The second-order valence-electron chi connectivity index (χ2n) is 8.01. The van der Waals surface area contributed by atoms with Crippen LogP contribution in [0.3, 0.4) is 0 Å². The number of sulfonamides is 1. The van der Waals surface area contributed by atoms with E-state index in [4.69, 9.17) is 0 Å². The Morgan fingerprint density at radius 2 is 1.68 bits per heavy atom. The summed E-state index contributed by atoms with van der Waals surface area (Å²) >= 11 is 0. The van der Waals surface area contributed by atoms with Crippen LogP contribution in [0.15, 0.2) is 29.2 Å². The molecule has 0 aromatic heterocycles. The molecule has 1 saturated carbocycles. The standard InChI is InChI=1S/C21H33N3O3S/c25-21(23-16-18-9-4-3-5-10-18)17-22-19-11-8-12-20(15-19)28(26,27)24-13-6-1-2-7-14-24/h8,11-12,15,18,22H,1-7,9-10,13-14,16-17H2,(H,23,25). The van der Waals surface area contributed by atoms with Crippen LogP contribution in [-0.4, -0.2) is 44.8 Å². The second-order valence-corrected chi connectivity index (χ2v) is 9.95. The molecule has 2 aliphatic rings. The molecule has 0 unspecified atom stereocenters. The normalized spacial score (nSPS) is 19.7. The average molecular weight is 408 g/mol. The molecule has 2 fully saturated rings. The lowest BCUT2D eigenvalue weighted by Gasteiger charge is -2.22. The molecule has 1 saturated heterocycles. The SMILES string of the molecule is O=C(CNc1cccc(S(=O)(=O)N2CCCCCC2)c1)NCC1CCCCC1. The lowest BCUT2D eigenvalue weighted by atomic mass is 9.89. The van der Waals surface area contributed by atoms with Gasteiger partial charge in [0, 0.05) is 25.3 Å². The molecule has 1 aromatic carbocycles. The number of hydrogen-bond donors (Lipinski definition) is 2. The number of carbonyl (C=O) groups is 1. The average Bonchev–Trinajstić information content (AvgIpc) is 3.02. The van der Waals surface area contributed by atoms with E-state index in [0.717, 1.165) is 32.2 Å². The Morgan fingerprint density at radius 3 is 2.39 bits per heavy atom. The maximum absolute atomic E-state index is 12.9. The summed E-state index contributed by atoms with van der Waals surface area (Å²) in [5, 5.41) is 6.06. The Hall–Kier alpha value is -1.60. The second kappa shape index (κ2) is 10.3. The van der Waals surface area contributed by atoms with Crippen LogP contribution in [-0.2, 0) is 14.8 Å². The molecule has 6 nitrogen and oxygen atoms in total. The molecule has 7 heteroatoms. The summed E-state index contributed by atoms with van der Waals surface area (Å²) in [4.78, 5) is 12.4. The van der Waals surface area contributed by atoms with E-state index in [0.29, 0.717) is 29.6 Å². The molecular weight excluding hydrogens is 374 g/mol. The third-order valence-electron chi connectivity index (χ3n) is 5.80. The molecule has 0 bridgehead atoms. The van der Waals surface area contributed by atoms with Crippen LogP contribution in [0.2, 0.25) is 0 Å². The molecule has 1 aromatic rings. The molecule has 0 spiro atoms. The van der Waals surface area contributed by atoms with Crippen molar-refractivity contribution in [2.45, 2.75) is 62.7 Å². The zero-order valence-corrected chi connectivity index (χ0v) is 17.5. The van der Waals surface area contributed by atoms with E-state index in [9.17, 15) is 13.2 Å². The molecule has 1 aliphatic carbocycles. The van der Waals surface area contributed by atoms with Gasteiger partial charge >= 0.3 is 0 Å². The number of amides is 1. The first kappa shape index (κ1) is 21.1. The summed E-state index contributed by atoms with van der Waals surface area (Å²) in [6.45, 7) is 2.07. The monoisotopic (exact) mass is 407 g/mol. The molecule has 1 aliphatic heterocycles. The number of hydrogen-bond acceptors (Lipinski definition) is 4. The quantitative estimate of drug-likeness (QED) is 0.726. The van der Waals surface area contributed by atoms with Crippen molar-refractivity contribution in [2.24, 2.45) is 5.92 Å². The van der Waals surface area contributed by atoms with E-state index in [2.05, 4.69) is 10.6 Å². The highest BCUT2D eigenvalue weighted by Gasteiger charge is 2.25. The van der Waals surface area contributed by atoms with Crippen molar-refractivity contribution in [3.63, 3.8) is 0 Å². The third kappa shape index (κ3) is 5.95. The van der Waals surface area contributed by atoms with Gasteiger partial charge in [0.1, 0.15) is 0 Å². The minimum atomic E-state index is -3.48. The first-order chi connectivity index (χ1) is 13.6. The fraction of sp³-hybridized carbons (Fsp3) is 0.667. The Morgan fingerprint density at radius 1 is 1.00 bits per heavy atom. The first-order valence-corrected chi connectivity index (χ1v) is 12.1. The van der Waals surface area contributed by atoms with Crippen LogP contribution in [0, 0.1) is 5.92 Å². The Kier molecular flexibility index (Phi) is 7.73. The minimum absolute atomic E-state index is 0.0497. The van der Waals surface area contributed by atoms with E-state index in [-0.39, 0.29) is 12.5 Å². The smallest absolute Gasteiger partial charge is 0.243 e. The van der Waals surface area contributed by atoms with Crippen molar-refractivity contribution in [3.8, 4) is 0 Å². The summed E-state index contributed by atoms with van der Waals surface area (Å²) < 4.78 is 27.4. The number of nitrogens with zero attached hydrogens (tertiary/aromatic N) is 1. The Labute approximate surface area is 169 Å². The van der Waals surface area contributed by atoms with Crippen molar-refractivity contribution in [3.05, 3.63) is 24.3 Å². The van der Waals surface area contributed by atoms with Gasteiger partial charge in [-0.2, -0.15) is 4.31 Å². The molecule has 28 heavy (non-hydrogen) atoms. The predicted molar refractivity (Wildman–Crippen MR) is 112 cm³/mol. The first-order valence-electron chi connectivity index (χ1n) is 10.7. The van der Waals surface area contributed by atoms with E-state index in [1.165, 1.54) is 32.1 Å². The number of benzene rings is 1. The van der Waals surface area contributed by atoms with Crippen LogP contribution < -0.4 is 10.6 Å². The van der Waals surface area contributed by atoms with Crippen LogP contribution in [0.5, 0.6) is 0 Å². The number of nitrogens with one attached hydrogen (secondary N) is 2. The van der Waals surface area contributed by atoms with Gasteiger partial charge in [0.15, 0.2) is 0 Å². The van der Waals surface area contributed by atoms with E-state index < -0.39 is 10.0 Å². The van der Waals surface area contributed by atoms with Crippen molar-refractivity contribution in [1.82, 2.24) is 9.62 Å². The molecule has 0 atom stereocenters. The third-order valence-corrected chi connectivity index (χ3v) is 7.70. The van der Waals surface area contributed by atoms with Gasteiger partial charge in [-0.25, -0.2) is 8.42 Å². The molecular formula is C21H33N3O3S. The van der Waals surface area contributed by atoms with Crippen LogP contribution in [0.1, 0.15) is 57.8 Å². The largest absolute Gasteiger partial charge is 0.376 e. The van der Waals surface area contributed by atoms with Crippen LogP contribution in [0.4, 0.5) is 5.69 Å². The molecule has 1 amide bonds. The molecule has 156 valence electrons. The molecule has 0 radical (unpaired) electrons.